The molecule has 0 aromatic carbocycles. The zero-order chi connectivity index (χ0) is 18.8. The van der Waals surface area contributed by atoms with Crippen molar-refractivity contribution in [1.82, 2.24) is 10.2 Å². The van der Waals surface area contributed by atoms with Crippen molar-refractivity contribution >= 4 is 0 Å². The van der Waals surface area contributed by atoms with Gasteiger partial charge in [0.05, 0.1) is 0 Å². The summed E-state index contributed by atoms with van der Waals surface area (Å²) in [6.45, 7) is 13.5. The fourth-order valence-electron chi connectivity index (χ4n) is 3.43. The first-order valence-corrected chi connectivity index (χ1v) is 11.3. The third-order valence-corrected chi connectivity index (χ3v) is 5.09. The molecule has 0 saturated carbocycles. The molecule has 2 atom stereocenters. The lowest BCUT2D eigenvalue weighted by atomic mass is 10.1. The summed E-state index contributed by atoms with van der Waals surface area (Å²) in [5, 5.41) is 3.67. The van der Waals surface area contributed by atoms with Gasteiger partial charge in [-0.15, -0.1) is 0 Å². The van der Waals surface area contributed by atoms with Crippen molar-refractivity contribution in [3.05, 3.63) is 0 Å². The summed E-state index contributed by atoms with van der Waals surface area (Å²) in [5.74, 6) is 0. The van der Waals surface area contributed by atoms with Gasteiger partial charge in [0.1, 0.15) is 0 Å². The van der Waals surface area contributed by atoms with Crippen molar-refractivity contribution in [3.63, 3.8) is 0 Å². The Morgan fingerprint density at radius 3 is 1.84 bits per heavy atom. The molecule has 0 radical (unpaired) electrons. The molecule has 0 amide bonds. The summed E-state index contributed by atoms with van der Waals surface area (Å²) < 4.78 is 0. The number of hydrogen-bond donors (Lipinski definition) is 2. The van der Waals surface area contributed by atoms with Gasteiger partial charge in [0, 0.05) is 25.2 Å². The predicted molar refractivity (Wildman–Crippen MR) is 114 cm³/mol. The summed E-state index contributed by atoms with van der Waals surface area (Å²) in [7, 11) is 0. The highest BCUT2D eigenvalue weighted by molar-refractivity contribution is 4.73. The van der Waals surface area contributed by atoms with Crippen molar-refractivity contribution < 1.29 is 0 Å². The Hall–Kier alpha value is -0.120. The molecule has 3 nitrogen and oxygen atoms in total. The van der Waals surface area contributed by atoms with Crippen LogP contribution in [0.4, 0.5) is 0 Å². The lowest BCUT2D eigenvalue weighted by molar-refractivity contribution is 0.191. The highest BCUT2D eigenvalue weighted by Gasteiger charge is 2.14. The molecule has 0 bridgehead atoms. The molecule has 0 spiro atoms. The lowest BCUT2D eigenvalue weighted by Crippen LogP contribution is -2.46. The molecule has 0 saturated heterocycles. The predicted octanol–water partition coefficient (Wildman–Crippen LogP) is 5.33. The van der Waals surface area contributed by atoms with Gasteiger partial charge in [-0.2, -0.15) is 0 Å². The molecule has 0 rings (SSSR count). The Bertz CT molecular complexity index is 256. The first-order chi connectivity index (χ1) is 12.1. The molecule has 3 heteroatoms. The van der Waals surface area contributed by atoms with Crippen molar-refractivity contribution in [2.24, 2.45) is 5.73 Å². The fourth-order valence-corrected chi connectivity index (χ4v) is 3.43. The van der Waals surface area contributed by atoms with Crippen LogP contribution in [-0.4, -0.2) is 43.2 Å². The molecule has 25 heavy (non-hydrogen) atoms. The highest BCUT2D eigenvalue weighted by Crippen LogP contribution is 2.08. The average Bonchev–Trinajstić information content (AvgIpc) is 2.58. The third kappa shape index (κ3) is 17.1. The number of rotatable bonds is 19. The second-order valence-corrected chi connectivity index (χ2v) is 8.06. The van der Waals surface area contributed by atoms with Crippen LogP contribution in [-0.2, 0) is 0 Å². The summed E-state index contributed by atoms with van der Waals surface area (Å²) in [6, 6.07) is 0.850. The molecular weight excluding hydrogens is 306 g/mol. The minimum atomic E-state index is 0.265. The van der Waals surface area contributed by atoms with Crippen LogP contribution in [0, 0.1) is 0 Å². The summed E-state index contributed by atoms with van der Waals surface area (Å²) in [6.07, 6.45) is 16.5. The Morgan fingerprint density at radius 2 is 1.28 bits per heavy atom. The maximum atomic E-state index is 6.07. The van der Waals surface area contributed by atoms with Gasteiger partial charge in [-0.25, -0.2) is 0 Å². The van der Waals surface area contributed by atoms with Gasteiger partial charge in [-0.1, -0.05) is 78.1 Å². The maximum Gasteiger partial charge on any atom is 0.0193 e. The summed E-state index contributed by atoms with van der Waals surface area (Å²) in [4.78, 5) is 2.60. The van der Waals surface area contributed by atoms with Crippen molar-refractivity contribution in [1.29, 1.82) is 0 Å². The number of unbranched alkanes of at least 4 members (excludes halogenated alkanes) is 10. The van der Waals surface area contributed by atoms with Crippen LogP contribution in [0.3, 0.4) is 0 Å². The van der Waals surface area contributed by atoms with E-state index in [1.807, 2.05) is 0 Å². The normalized spacial score (nSPS) is 14.2. The topological polar surface area (TPSA) is 41.3 Å². The molecule has 0 aliphatic rings. The fraction of sp³-hybridized carbons (Fsp3) is 1.00. The first kappa shape index (κ1) is 24.9. The largest absolute Gasteiger partial charge is 0.327 e. The Labute approximate surface area is 159 Å². The highest BCUT2D eigenvalue weighted by atomic mass is 15.2. The second kappa shape index (κ2) is 18.7. The lowest BCUT2D eigenvalue weighted by Gasteiger charge is -2.31. The number of nitrogens with zero attached hydrogens (tertiary/aromatic N) is 1. The van der Waals surface area contributed by atoms with E-state index in [4.69, 9.17) is 5.73 Å². The minimum absolute atomic E-state index is 0.265. The van der Waals surface area contributed by atoms with Crippen molar-refractivity contribution in [2.45, 2.75) is 117 Å². The van der Waals surface area contributed by atoms with Gasteiger partial charge in [-0.05, 0) is 39.8 Å². The first-order valence-electron chi connectivity index (χ1n) is 11.3. The van der Waals surface area contributed by atoms with E-state index in [0.717, 1.165) is 13.1 Å². The van der Waals surface area contributed by atoms with Gasteiger partial charge in [0.25, 0.3) is 0 Å². The molecule has 2 unspecified atom stereocenters. The van der Waals surface area contributed by atoms with Crippen LogP contribution in [0.2, 0.25) is 0 Å². The maximum absolute atomic E-state index is 6.07. The molecule has 0 aliphatic heterocycles. The van der Waals surface area contributed by atoms with Gasteiger partial charge in [0.2, 0.25) is 0 Å². The molecule has 3 N–H and O–H groups in total. The monoisotopic (exact) mass is 355 g/mol. The Morgan fingerprint density at radius 1 is 0.760 bits per heavy atom. The van der Waals surface area contributed by atoms with Gasteiger partial charge >= 0.3 is 0 Å². The van der Waals surface area contributed by atoms with Crippen LogP contribution in [0.15, 0.2) is 0 Å². The second-order valence-electron chi connectivity index (χ2n) is 8.06. The molecule has 152 valence electrons. The number of nitrogens with one attached hydrogen (secondary N) is 1. The van der Waals surface area contributed by atoms with E-state index in [0.29, 0.717) is 6.04 Å². The van der Waals surface area contributed by atoms with Crippen LogP contribution in [0.5, 0.6) is 0 Å². The van der Waals surface area contributed by atoms with Crippen LogP contribution in [0.25, 0.3) is 0 Å². The molecule has 0 fully saturated rings. The molecule has 0 heterocycles. The van der Waals surface area contributed by atoms with E-state index >= 15 is 0 Å². The third-order valence-electron chi connectivity index (χ3n) is 5.09. The zero-order valence-corrected chi connectivity index (χ0v) is 18.0. The Balaban J connectivity index is 3.80. The standard InChI is InChI=1S/C22H49N3/c1-5-7-9-11-13-15-17-24-19-22(4)25(20-21(3)23)18-16-14-12-10-8-6-2/h21-22,24H,5-20,23H2,1-4H3. The van der Waals surface area contributed by atoms with Crippen molar-refractivity contribution in [2.75, 3.05) is 26.2 Å². The summed E-state index contributed by atoms with van der Waals surface area (Å²) in [5.41, 5.74) is 6.07. The molecular formula is C22H49N3. The van der Waals surface area contributed by atoms with E-state index in [1.54, 1.807) is 0 Å². The van der Waals surface area contributed by atoms with Gasteiger partial charge < -0.3 is 11.1 Å². The van der Waals surface area contributed by atoms with Gasteiger partial charge in [-0.3, -0.25) is 4.90 Å². The average molecular weight is 356 g/mol. The van der Waals surface area contributed by atoms with Gasteiger partial charge in [0.15, 0.2) is 0 Å². The molecule has 0 aromatic rings. The SMILES string of the molecule is CCCCCCCCNCC(C)N(CCCCCCCC)CC(C)N. The van der Waals surface area contributed by atoms with Crippen molar-refractivity contribution in [3.8, 4) is 0 Å². The molecule has 0 aliphatic carbocycles. The zero-order valence-electron chi connectivity index (χ0n) is 18.0. The van der Waals surface area contributed by atoms with E-state index < -0.39 is 0 Å². The van der Waals surface area contributed by atoms with E-state index in [-0.39, 0.29) is 6.04 Å². The Kier molecular flexibility index (Phi) is 18.6. The minimum Gasteiger partial charge on any atom is -0.327 e. The van der Waals surface area contributed by atoms with E-state index in [1.165, 1.54) is 90.1 Å². The van der Waals surface area contributed by atoms with Crippen LogP contribution >= 0.6 is 0 Å². The number of nitrogens with two attached hydrogens (primary N) is 1. The van der Waals surface area contributed by atoms with E-state index in [2.05, 4.69) is 37.9 Å². The summed E-state index contributed by atoms with van der Waals surface area (Å²) >= 11 is 0. The smallest absolute Gasteiger partial charge is 0.0193 e. The molecule has 0 aromatic heterocycles. The van der Waals surface area contributed by atoms with E-state index in [9.17, 15) is 0 Å². The van der Waals surface area contributed by atoms with Crippen LogP contribution in [0.1, 0.15) is 105 Å². The number of hydrogen-bond acceptors (Lipinski definition) is 3. The quantitative estimate of drug-likeness (QED) is 0.307. The van der Waals surface area contributed by atoms with Crippen LogP contribution < -0.4 is 11.1 Å².